The highest BCUT2D eigenvalue weighted by Gasteiger charge is 1.99. The Balaban J connectivity index is 0.000000442. The van der Waals surface area contributed by atoms with Crippen LogP contribution in [0.15, 0.2) is 24.5 Å². The third kappa shape index (κ3) is 3.08. The number of hydrogen-bond donors (Lipinski definition) is 0. The number of aromatic nitrogens is 2. The molecule has 0 atom stereocenters. The molecule has 0 saturated heterocycles. The Labute approximate surface area is 92.9 Å². The summed E-state index contributed by atoms with van der Waals surface area (Å²) in [6.07, 6.45) is 3.80. The van der Waals surface area contributed by atoms with Crippen molar-refractivity contribution in [3.8, 4) is 0 Å². The molecule has 0 saturated carbocycles. The van der Waals surface area contributed by atoms with Gasteiger partial charge in [-0.3, -0.25) is 0 Å². The fourth-order valence-corrected chi connectivity index (χ4v) is 1.40. The predicted molar refractivity (Wildman–Crippen MR) is 67.4 cm³/mol. The Morgan fingerprint density at radius 1 is 0.933 bits per heavy atom. The summed E-state index contributed by atoms with van der Waals surface area (Å²) in [6, 6.07) is 4.11. The molecule has 0 bridgehead atoms. The number of nitrogens with zero attached hydrogens (tertiary/aromatic N) is 2. The second kappa shape index (κ2) is 7.04. The molecule has 15 heavy (non-hydrogen) atoms. The maximum atomic E-state index is 4.18. The van der Waals surface area contributed by atoms with Gasteiger partial charge in [0.15, 0.2) is 0 Å². The van der Waals surface area contributed by atoms with E-state index in [1.54, 1.807) is 0 Å². The summed E-state index contributed by atoms with van der Waals surface area (Å²) in [5, 5.41) is 4.18. The topological polar surface area (TPSA) is 17.3 Å². The summed E-state index contributed by atoms with van der Waals surface area (Å²) in [7, 11) is 0. The number of hydrogen-bond acceptors (Lipinski definition) is 1. The van der Waals surface area contributed by atoms with Crippen molar-refractivity contribution < 1.29 is 0 Å². The van der Waals surface area contributed by atoms with Crippen LogP contribution in [0.5, 0.6) is 0 Å². The average molecular weight is 206 g/mol. The fourth-order valence-electron chi connectivity index (χ4n) is 1.40. The van der Waals surface area contributed by atoms with E-state index in [4.69, 9.17) is 0 Å². The van der Waals surface area contributed by atoms with Gasteiger partial charge in [0, 0.05) is 12.4 Å². The van der Waals surface area contributed by atoms with E-state index in [2.05, 4.69) is 25.0 Å². The normalized spacial score (nSPS) is 8.67. The van der Waals surface area contributed by atoms with Crippen molar-refractivity contribution in [3.63, 3.8) is 0 Å². The third-order valence-corrected chi connectivity index (χ3v) is 1.96. The van der Waals surface area contributed by atoms with Crippen LogP contribution in [0.4, 0.5) is 0 Å². The molecule has 0 aliphatic heterocycles. The van der Waals surface area contributed by atoms with Gasteiger partial charge in [-0.15, -0.1) is 0 Å². The van der Waals surface area contributed by atoms with Gasteiger partial charge in [-0.05, 0) is 37.1 Å². The summed E-state index contributed by atoms with van der Waals surface area (Å²) in [6.45, 7) is 12.2. The molecule has 0 amide bonds. The zero-order valence-electron chi connectivity index (χ0n) is 10.7. The van der Waals surface area contributed by atoms with E-state index in [1.807, 2.05) is 50.7 Å². The first-order valence-corrected chi connectivity index (χ1v) is 5.68. The van der Waals surface area contributed by atoms with E-state index in [9.17, 15) is 0 Å². The molecule has 2 rings (SSSR count). The second-order valence-electron chi connectivity index (χ2n) is 2.81. The summed E-state index contributed by atoms with van der Waals surface area (Å²) in [5.74, 6) is 0. The second-order valence-corrected chi connectivity index (χ2v) is 2.81. The SMILES string of the molecule is CC.CC.Cc1ccnn2ccc(C)c12. The van der Waals surface area contributed by atoms with Crippen molar-refractivity contribution in [3.05, 3.63) is 35.7 Å². The molecule has 0 N–H and O–H groups in total. The number of fused-ring (bicyclic) bond motifs is 1. The number of aryl methyl sites for hydroxylation is 2. The van der Waals surface area contributed by atoms with Crippen molar-refractivity contribution in [1.82, 2.24) is 9.61 Å². The zero-order valence-corrected chi connectivity index (χ0v) is 10.7. The minimum Gasteiger partial charge on any atom is -0.241 e. The van der Waals surface area contributed by atoms with Crippen LogP contribution >= 0.6 is 0 Å². The largest absolute Gasteiger partial charge is 0.241 e. The maximum Gasteiger partial charge on any atom is 0.0704 e. The first kappa shape index (κ1) is 13.7. The smallest absolute Gasteiger partial charge is 0.0704 e. The monoisotopic (exact) mass is 206 g/mol. The van der Waals surface area contributed by atoms with Gasteiger partial charge >= 0.3 is 0 Å². The molecular formula is C13H22N2. The Morgan fingerprint density at radius 2 is 1.47 bits per heavy atom. The van der Waals surface area contributed by atoms with Crippen molar-refractivity contribution >= 4 is 5.52 Å². The summed E-state index contributed by atoms with van der Waals surface area (Å²) in [5.41, 5.74) is 3.80. The molecule has 0 aliphatic rings. The summed E-state index contributed by atoms with van der Waals surface area (Å²) < 4.78 is 1.91. The Morgan fingerprint density at radius 3 is 2.00 bits per heavy atom. The van der Waals surface area contributed by atoms with Gasteiger partial charge in [-0.2, -0.15) is 5.10 Å². The molecule has 2 aromatic rings. The van der Waals surface area contributed by atoms with Crippen LogP contribution in [0.3, 0.4) is 0 Å². The lowest BCUT2D eigenvalue weighted by molar-refractivity contribution is 0.932. The van der Waals surface area contributed by atoms with Crippen LogP contribution in [-0.4, -0.2) is 9.61 Å². The van der Waals surface area contributed by atoms with E-state index in [0.29, 0.717) is 0 Å². The Hall–Kier alpha value is -1.31. The average Bonchev–Trinajstić information content (AvgIpc) is 2.68. The molecule has 2 heterocycles. The molecule has 2 aromatic heterocycles. The van der Waals surface area contributed by atoms with Crippen LogP contribution < -0.4 is 0 Å². The molecule has 84 valence electrons. The lowest BCUT2D eigenvalue weighted by Crippen LogP contribution is -1.90. The van der Waals surface area contributed by atoms with Gasteiger partial charge in [-0.25, -0.2) is 4.52 Å². The van der Waals surface area contributed by atoms with E-state index in [-0.39, 0.29) is 0 Å². The first-order valence-electron chi connectivity index (χ1n) is 5.68. The van der Waals surface area contributed by atoms with E-state index < -0.39 is 0 Å². The fraction of sp³-hybridized carbons (Fsp3) is 0.462. The molecule has 2 nitrogen and oxygen atoms in total. The van der Waals surface area contributed by atoms with E-state index >= 15 is 0 Å². The van der Waals surface area contributed by atoms with Crippen LogP contribution in [-0.2, 0) is 0 Å². The highest BCUT2D eigenvalue weighted by molar-refractivity contribution is 5.59. The zero-order chi connectivity index (χ0) is 11.8. The van der Waals surface area contributed by atoms with Gasteiger partial charge in [-0.1, -0.05) is 27.7 Å². The molecule has 0 radical (unpaired) electrons. The van der Waals surface area contributed by atoms with Crippen molar-refractivity contribution in [1.29, 1.82) is 0 Å². The summed E-state index contributed by atoms with van der Waals surface area (Å²) >= 11 is 0. The van der Waals surface area contributed by atoms with Gasteiger partial charge in [0.1, 0.15) is 0 Å². The van der Waals surface area contributed by atoms with Gasteiger partial charge < -0.3 is 0 Å². The third-order valence-electron chi connectivity index (χ3n) is 1.96. The molecule has 2 heteroatoms. The molecule has 0 aliphatic carbocycles. The highest BCUT2D eigenvalue weighted by Crippen LogP contribution is 2.13. The van der Waals surface area contributed by atoms with Crippen molar-refractivity contribution in [2.45, 2.75) is 41.5 Å². The minimum absolute atomic E-state index is 1.23. The van der Waals surface area contributed by atoms with Crippen molar-refractivity contribution in [2.24, 2.45) is 0 Å². The van der Waals surface area contributed by atoms with Crippen LogP contribution in [0.1, 0.15) is 38.8 Å². The maximum absolute atomic E-state index is 4.18. The Kier molecular flexibility index (Phi) is 6.43. The predicted octanol–water partition coefficient (Wildman–Crippen LogP) is 4.00. The van der Waals surface area contributed by atoms with E-state index in [1.165, 1.54) is 16.6 Å². The van der Waals surface area contributed by atoms with Crippen LogP contribution in [0.2, 0.25) is 0 Å². The van der Waals surface area contributed by atoms with Crippen LogP contribution in [0.25, 0.3) is 5.52 Å². The van der Waals surface area contributed by atoms with Gasteiger partial charge in [0.2, 0.25) is 0 Å². The Bertz CT molecular complexity index is 388. The molecule has 0 aromatic carbocycles. The lowest BCUT2D eigenvalue weighted by atomic mass is 10.2. The van der Waals surface area contributed by atoms with Crippen molar-refractivity contribution in [2.75, 3.05) is 0 Å². The highest BCUT2D eigenvalue weighted by atomic mass is 15.2. The molecular weight excluding hydrogens is 184 g/mol. The van der Waals surface area contributed by atoms with Crippen LogP contribution in [0, 0.1) is 13.8 Å². The van der Waals surface area contributed by atoms with Gasteiger partial charge in [0.05, 0.1) is 5.52 Å². The summed E-state index contributed by atoms with van der Waals surface area (Å²) in [4.78, 5) is 0. The quantitative estimate of drug-likeness (QED) is 0.636. The first-order chi connectivity index (χ1) is 7.29. The lowest BCUT2D eigenvalue weighted by Gasteiger charge is -1.97. The molecule has 0 unspecified atom stereocenters. The molecule has 0 spiro atoms. The molecule has 0 fully saturated rings. The van der Waals surface area contributed by atoms with E-state index in [0.717, 1.165) is 0 Å². The number of rotatable bonds is 0. The van der Waals surface area contributed by atoms with Gasteiger partial charge in [0.25, 0.3) is 0 Å². The standard InChI is InChI=1S/C9H10N2.2C2H6/c1-7-3-5-10-11-6-4-8(2)9(7)11;2*1-2/h3-6H,1-2H3;2*1-2H3. The minimum atomic E-state index is 1.23.